The Bertz CT molecular complexity index is 1280. The third kappa shape index (κ3) is 5.23. The van der Waals surface area contributed by atoms with Crippen LogP contribution >= 0.6 is 11.3 Å². The Morgan fingerprint density at radius 3 is 2.34 bits per heavy atom. The fourth-order valence-corrected chi connectivity index (χ4v) is 5.61. The van der Waals surface area contributed by atoms with Crippen LogP contribution in [0, 0.1) is 27.7 Å². The minimum atomic E-state index is -0.151. The largest absolute Gasteiger partial charge is 0.335 e. The van der Waals surface area contributed by atoms with Gasteiger partial charge in [-0.3, -0.25) is 14.5 Å². The SMILES string of the molecule is Cc1cccc(NC(=O)CN2CCN(C(=O)c3sc4nc(C(C)(C)C)nc(C)c4c3C)CC2)c1C. The zero-order valence-corrected chi connectivity index (χ0v) is 22.6. The van der Waals surface area contributed by atoms with Gasteiger partial charge in [0.1, 0.15) is 10.7 Å². The molecule has 8 heteroatoms. The number of carbonyl (C=O) groups is 2. The number of benzene rings is 1. The Labute approximate surface area is 211 Å². The van der Waals surface area contributed by atoms with Crippen LogP contribution in [0.2, 0.25) is 0 Å². The molecule has 0 radical (unpaired) electrons. The molecule has 0 unspecified atom stereocenters. The van der Waals surface area contributed by atoms with Gasteiger partial charge < -0.3 is 10.2 Å². The molecule has 7 nitrogen and oxygen atoms in total. The quantitative estimate of drug-likeness (QED) is 0.574. The summed E-state index contributed by atoms with van der Waals surface area (Å²) >= 11 is 1.47. The van der Waals surface area contributed by atoms with E-state index in [1.54, 1.807) is 0 Å². The Morgan fingerprint density at radius 2 is 1.69 bits per heavy atom. The number of hydrogen-bond donors (Lipinski definition) is 1. The van der Waals surface area contributed by atoms with Crippen LogP contribution in [0.15, 0.2) is 18.2 Å². The first-order valence-corrected chi connectivity index (χ1v) is 12.9. The number of rotatable bonds is 4. The topological polar surface area (TPSA) is 78.4 Å². The van der Waals surface area contributed by atoms with E-state index in [2.05, 4.69) is 31.0 Å². The molecule has 1 fully saturated rings. The number of aryl methyl sites for hydroxylation is 3. The van der Waals surface area contributed by atoms with Gasteiger partial charge in [-0.05, 0) is 50.5 Å². The molecule has 0 aliphatic carbocycles. The monoisotopic (exact) mass is 493 g/mol. The second-order valence-corrected chi connectivity index (χ2v) is 11.5. The van der Waals surface area contributed by atoms with Gasteiger partial charge in [-0.25, -0.2) is 9.97 Å². The number of thiophene rings is 1. The van der Waals surface area contributed by atoms with Gasteiger partial charge in [0.25, 0.3) is 5.91 Å². The molecule has 2 aromatic heterocycles. The standard InChI is InChI=1S/C27H35N5O2S/c1-16-9-8-10-20(17(16)2)29-21(33)15-31-11-13-32(14-12-31)25(34)23-18(3)22-19(4)28-26(27(5,6)7)30-24(22)35-23/h8-10H,11-15H2,1-7H3,(H,29,33). The van der Waals surface area contributed by atoms with Crippen LogP contribution in [0.25, 0.3) is 10.2 Å². The summed E-state index contributed by atoms with van der Waals surface area (Å²) in [5, 5.41) is 4.02. The zero-order chi connectivity index (χ0) is 25.5. The van der Waals surface area contributed by atoms with Gasteiger partial charge in [-0.1, -0.05) is 32.9 Å². The number of carbonyl (C=O) groups excluding carboxylic acids is 2. The lowest BCUT2D eigenvalue weighted by Crippen LogP contribution is -2.50. The van der Waals surface area contributed by atoms with Gasteiger partial charge in [0.15, 0.2) is 0 Å². The molecular weight excluding hydrogens is 458 g/mol. The fraction of sp³-hybridized carbons (Fsp3) is 0.481. The molecule has 1 aromatic carbocycles. The van der Waals surface area contributed by atoms with Crippen molar-refractivity contribution >= 4 is 39.1 Å². The predicted molar refractivity (Wildman–Crippen MR) is 142 cm³/mol. The van der Waals surface area contributed by atoms with E-state index in [9.17, 15) is 9.59 Å². The third-order valence-corrected chi connectivity index (χ3v) is 7.92. The third-order valence-electron chi connectivity index (χ3n) is 6.74. The maximum absolute atomic E-state index is 13.4. The lowest BCUT2D eigenvalue weighted by atomic mass is 9.95. The van der Waals surface area contributed by atoms with E-state index in [0.29, 0.717) is 32.7 Å². The zero-order valence-electron chi connectivity index (χ0n) is 21.8. The number of hydrogen-bond acceptors (Lipinski definition) is 6. The van der Waals surface area contributed by atoms with Crippen LogP contribution in [-0.2, 0) is 10.2 Å². The molecular formula is C27H35N5O2S. The van der Waals surface area contributed by atoms with Crippen molar-refractivity contribution in [2.75, 3.05) is 38.0 Å². The molecule has 4 rings (SSSR count). The number of anilines is 1. The van der Waals surface area contributed by atoms with Crippen molar-refractivity contribution in [3.63, 3.8) is 0 Å². The van der Waals surface area contributed by atoms with Gasteiger partial charge in [0, 0.05) is 42.7 Å². The maximum Gasteiger partial charge on any atom is 0.264 e. The molecule has 2 amide bonds. The Hall–Kier alpha value is -2.84. The summed E-state index contributed by atoms with van der Waals surface area (Å²) in [6.07, 6.45) is 0. The number of piperazine rings is 1. The molecule has 186 valence electrons. The summed E-state index contributed by atoms with van der Waals surface area (Å²) in [4.78, 5) is 41.2. The molecule has 3 aromatic rings. The number of fused-ring (bicyclic) bond motifs is 1. The second-order valence-electron chi connectivity index (χ2n) is 10.5. The molecule has 0 saturated carbocycles. The first-order chi connectivity index (χ1) is 16.5. The number of aromatic nitrogens is 2. The lowest BCUT2D eigenvalue weighted by Gasteiger charge is -2.34. The van der Waals surface area contributed by atoms with Crippen LogP contribution in [0.3, 0.4) is 0 Å². The van der Waals surface area contributed by atoms with E-state index in [-0.39, 0.29) is 17.2 Å². The van der Waals surface area contributed by atoms with E-state index in [0.717, 1.165) is 49.0 Å². The molecule has 0 bridgehead atoms. The summed E-state index contributed by atoms with van der Waals surface area (Å²) in [6, 6.07) is 5.92. The van der Waals surface area contributed by atoms with Crippen LogP contribution in [-0.4, -0.2) is 64.3 Å². The van der Waals surface area contributed by atoms with Crippen LogP contribution in [0.4, 0.5) is 5.69 Å². The normalized spacial score (nSPS) is 15.0. The van der Waals surface area contributed by atoms with Gasteiger partial charge in [-0.2, -0.15) is 0 Å². The predicted octanol–water partition coefficient (Wildman–Crippen LogP) is 4.62. The lowest BCUT2D eigenvalue weighted by molar-refractivity contribution is -0.117. The number of nitrogens with one attached hydrogen (secondary N) is 1. The van der Waals surface area contributed by atoms with E-state index >= 15 is 0 Å². The summed E-state index contributed by atoms with van der Waals surface area (Å²) in [5.41, 5.74) is 4.83. The van der Waals surface area contributed by atoms with Gasteiger partial charge in [0.05, 0.1) is 17.1 Å². The summed E-state index contributed by atoms with van der Waals surface area (Å²) in [5.74, 6) is 0.819. The highest BCUT2D eigenvalue weighted by molar-refractivity contribution is 7.20. The molecule has 1 aliphatic rings. The Morgan fingerprint density at radius 1 is 1.00 bits per heavy atom. The average molecular weight is 494 g/mol. The van der Waals surface area contributed by atoms with Crippen LogP contribution in [0.5, 0.6) is 0 Å². The van der Waals surface area contributed by atoms with Crippen molar-refractivity contribution in [2.24, 2.45) is 0 Å². The van der Waals surface area contributed by atoms with E-state index in [1.807, 2.05) is 50.8 Å². The van der Waals surface area contributed by atoms with Crippen molar-refractivity contribution in [3.05, 3.63) is 51.3 Å². The highest BCUT2D eigenvalue weighted by Crippen LogP contribution is 2.34. The Balaban J connectivity index is 1.41. The molecule has 1 N–H and O–H groups in total. The minimum Gasteiger partial charge on any atom is -0.335 e. The number of amides is 2. The second kappa shape index (κ2) is 9.66. The van der Waals surface area contributed by atoms with Crippen molar-refractivity contribution in [1.29, 1.82) is 0 Å². The number of nitrogens with zero attached hydrogens (tertiary/aromatic N) is 4. The molecule has 3 heterocycles. The minimum absolute atomic E-state index is 0.0254. The first kappa shape index (κ1) is 25.3. The molecule has 1 aliphatic heterocycles. The molecule has 35 heavy (non-hydrogen) atoms. The van der Waals surface area contributed by atoms with Gasteiger partial charge >= 0.3 is 0 Å². The van der Waals surface area contributed by atoms with Gasteiger partial charge in [-0.15, -0.1) is 11.3 Å². The average Bonchev–Trinajstić information content (AvgIpc) is 3.13. The molecule has 0 spiro atoms. The van der Waals surface area contributed by atoms with Gasteiger partial charge in [0.2, 0.25) is 5.91 Å². The van der Waals surface area contributed by atoms with Crippen LogP contribution < -0.4 is 5.32 Å². The van der Waals surface area contributed by atoms with Crippen LogP contribution in [0.1, 0.15) is 58.7 Å². The highest BCUT2D eigenvalue weighted by atomic mass is 32.1. The van der Waals surface area contributed by atoms with E-state index in [1.165, 1.54) is 11.3 Å². The van der Waals surface area contributed by atoms with E-state index in [4.69, 9.17) is 9.97 Å². The van der Waals surface area contributed by atoms with Crippen molar-refractivity contribution < 1.29 is 9.59 Å². The summed E-state index contributed by atoms with van der Waals surface area (Å²) < 4.78 is 0. The maximum atomic E-state index is 13.4. The smallest absolute Gasteiger partial charge is 0.264 e. The molecule has 0 atom stereocenters. The summed E-state index contributed by atoms with van der Waals surface area (Å²) in [7, 11) is 0. The molecule has 1 saturated heterocycles. The first-order valence-electron chi connectivity index (χ1n) is 12.1. The highest BCUT2D eigenvalue weighted by Gasteiger charge is 2.28. The van der Waals surface area contributed by atoms with Crippen molar-refractivity contribution in [2.45, 2.75) is 53.9 Å². The summed E-state index contributed by atoms with van der Waals surface area (Å²) in [6.45, 7) is 17.2. The Kier molecular flexibility index (Phi) is 6.97. The van der Waals surface area contributed by atoms with E-state index < -0.39 is 0 Å². The van der Waals surface area contributed by atoms with Crippen molar-refractivity contribution in [3.8, 4) is 0 Å². The fourth-order valence-electron chi connectivity index (χ4n) is 4.41. The van der Waals surface area contributed by atoms with Crippen molar-refractivity contribution in [1.82, 2.24) is 19.8 Å².